The number of hydrogen-bond acceptors (Lipinski definition) is 0. The van der Waals surface area contributed by atoms with Crippen LogP contribution in [0.2, 0.25) is 0 Å². The Morgan fingerprint density at radius 2 is 0.500 bits per heavy atom. The smallest absolute Gasteiger partial charge is 0.693 e. The van der Waals surface area contributed by atoms with Crippen molar-refractivity contribution in [2.45, 2.75) is 0 Å². The Kier molecular flexibility index (Phi) is 4060. The van der Waals surface area contributed by atoms with Gasteiger partial charge in [0, 0.05) is 0 Å². The topological polar surface area (TPSA) is 100 Å². The molecule has 0 atom stereocenters. The predicted octanol–water partition coefficient (Wildman–Crippen LogP) is 2.15. The molecule has 0 amide bonds. The summed E-state index contributed by atoms with van der Waals surface area (Å²) >= 11 is 0. The van der Waals surface area contributed by atoms with Gasteiger partial charge in [0.05, 0.1) is 0 Å². The van der Waals surface area contributed by atoms with E-state index in [9.17, 15) is 0 Å². The van der Waals surface area contributed by atoms with Crippen LogP contribution in [0.25, 0.3) is 18.5 Å². The Morgan fingerprint density at radius 3 is 0.500 bits per heavy atom. The molecule has 0 aliphatic heterocycles. The van der Waals surface area contributed by atoms with Gasteiger partial charge >= 0.3 is 20.1 Å². The molecule has 0 fully saturated rings. The summed E-state index contributed by atoms with van der Waals surface area (Å²) in [4.78, 5) is 0. The third-order valence-corrected chi connectivity index (χ3v) is 0. The first-order chi connectivity index (χ1) is 0. The minimum Gasteiger partial charge on any atom is -0.693 e. The molecule has 0 aliphatic rings. The summed E-state index contributed by atoms with van der Waals surface area (Å²) in [6, 6.07) is 0. The second-order valence-electron chi connectivity index (χ2n) is 0. The summed E-state index contributed by atoms with van der Waals surface area (Å²) in [5.41, 5.74) is 0. The first kappa shape index (κ1) is 201. The Morgan fingerprint density at radius 1 is 0.500 bits per heavy atom. The van der Waals surface area contributed by atoms with Crippen LogP contribution < -0.4 is 0 Å². The largest absolute Gasteiger partial charge is 3.00 e. The van der Waals surface area contributed by atoms with Gasteiger partial charge in [0.1, 0.15) is 0 Å². The van der Waals surface area contributed by atoms with E-state index in [1.807, 2.05) is 0 Å². The molecule has 4 heavy (non-hydrogen) atoms. The molecule has 0 aromatic heterocycles. The predicted molar refractivity (Wildman–Crippen MR) is 15.9 cm³/mol. The van der Waals surface area contributed by atoms with Crippen LogP contribution >= 0.6 is 0 Å². The zero-order valence-electron chi connectivity index (χ0n) is 2.07. The van der Waals surface area contributed by atoms with Crippen LogP contribution in [-0.4, -0.2) is 0 Å². The van der Waals surface area contributed by atoms with Crippen molar-refractivity contribution in [1.82, 2.24) is 0 Å². The van der Waals surface area contributed by atoms with Crippen LogP contribution in [-0.2, 0) is 20.1 Å². The van der Waals surface area contributed by atoms with Gasteiger partial charge in [0.15, 0.2) is 0 Å². The molecule has 6 N–H and O–H groups in total. The van der Waals surface area contributed by atoms with Crippen LogP contribution in [0.3, 0.4) is 0 Å². The van der Waals surface area contributed by atoms with Crippen LogP contribution in [0.15, 0.2) is 0 Å². The van der Waals surface area contributed by atoms with Gasteiger partial charge in [-0.25, -0.2) is 0 Å². The maximum atomic E-state index is 0. The van der Waals surface area contributed by atoms with Gasteiger partial charge in [-0.05, 0) is 0 Å². The molecule has 0 rings (SSSR count). The second-order valence-corrected chi connectivity index (χ2v) is 0. The van der Waals surface area contributed by atoms with Crippen LogP contribution in [0, 0.1) is 0 Å². The third kappa shape index (κ3) is 21.1. The van der Waals surface area contributed by atoms with Crippen LogP contribution in [0.4, 0.5) is 0 Å². The monoisotopic (exact) mass is 241 g/mol. The van der Waals surface area contributed by atoms with Crippen molar-refractivity contribution >= 4 is 0 Å². The molecule has 0 spiro atoms. The molecule has 0 heterocycles. The average Bonchev–Trinajstić information content (AvgIpc) is 0. The van der Waals surface area contributed by atoms with E-state index in [1.165, 1.54) is 0 Å². The van der Waals surface area contributed by atoms with Gasteiger partial charge in [0.2, 0.25) is 0 Å². The van der Waals surface area contributed by atoms with Crippen molar-refractivity contribution in [2.75, 3.05) is 0 Å². The molecule has 0 aromatic carbocycles. The Balaban J connectivity index is 0. The average molecular weight is 240 g/mol. The summed E-state index contributed by atoms with van der Waals surface area (Å²) in [6.45, 7) is 0. The first-order valence-corrected chi connectivity index (χ1v) is 0. The minimum atomic E-state index is 0. The van der Waals surface area contributed by atoms with Crippen molar-refractivity contribution in [2.24, 2.45) is 0 Å². The van der Waals surface area contributed by atoms with Gasteiger partial charge in [-0.3, -0.25) is 0 Å². The zero-order chi connectivity index (χ0) is 0. The molecule has 30 valence electrons. The van der Waals surface area contributed by atoms with Crippen molar-refractivity contribution in [3.63, 3.8) is 0 Å². The second kappa shape index (κ2) is 80.6. The fourth-order valence-corrected chi connectivity index (χ4v) is 0. The molecule has 3 nitrogen and oxygen atoms in total. The SMILES string of the molecule is [Ir+3].[NH2-].[NH2-].[NH2-]. The molecule has 0 saturated heterocycles. The van der Waals surface area contributed by atoms with Crippen molar-refractivity contribution in [1.29, 1.82) is 0 Å². The quantitative estimate of drug-likeness (QED) is 0.619. The normalized spacial score (nSPS) is 0. The molecule has 0 aliphatic carbocycles. The Bertz CT molecular complexity index is 3.25. The van der Waals surface area contributed by atoms with E-state index < -0.39 is 0 Å². The van der Waals surface area contributed by atoms with E-state index in [0.29, 0.717) is 0 Å². The molecule has 0 unspecified atom stereocenters. The summed E-state index contributed by atoms with van der Waals surface area (Å²) in [5, 5.41) is 0. The summed E-state index contributed by atoms with van der Waals surface area (Å²) in [6.07, 6.45) is 0. The van der Waals surface area contributed by atoms with E-state index in [-0.39, 0.29) is 38.6 Å². The summed E-state index contributed by atoms with van der Waals surface area (Å²) in [5.74, 6) is 0. The molecular weight excluding hydrogens is 234 g/mol. The maximum Gasteiger partial charge on any atom is 3.00 e. The Hall–Kier alpha value is 0.529. The number of rotatable bonds is 0. The molecule has 0 bridgehead atoms. The van der Waals surface area contributed by atoms with E-state index in [0.717, 1.165) is 0 Å². The van der Waals surface area contributed by atoms with Crippen LogP contribution in [0.5, 0.6) is 0 Å². The summed E-state index contributed by atoms with van der Waals surface area (Å²) in [7, 11) is 0. The fraction of sp³-hybridized carbons (Fsp3) is 0. The van der Waals surface area contributed by atoms with Gasteiger partial charge in [-0.1, -0.05) is 0 Å². The van der Waals surface area contributed by atoms with Gasteiger partial charge in [-0.2, -0.15) is 0 Å². The van der Waals surface area contributed by atoms with E-state index in [4.69, 9.17) is 0 Å². The molecule has 4 heteroatoms. The number of hydrogen-bond donors (Lipinski definition) is 0. The standard InChI is InChI=1S/Ir.3H2N/h;3*1H2/q+3;3*-1. The summed E-state index contributed by atoms with van der Waals surface area (Å²) < 4.78 is 0. The first-order valence-electron chi connectivity index (χ1n) is 0. The molecular formula is H6IrN3. The molecule has 0 aromatic rings. The molecule has 0 radical (unpaired) electrons. The maximum absolute atomic E-state index is 0. The Labute approximate surface area is 39.3 Å². The minimum absolute atomic E-state index is 0. The fourth-order valence-electron chi connectivity index (χ4n) is 0. The molecule has 0 saturated carbocycles. The van der Waals surface area contributed by atoms with Crippen molar-refractivity contribution in [3.8, 4) is 0 Å². The van der Waals surface area contributed by atoms with E-state index >= 15 is 0 Å². The zero-order valence-corrected chi connectivity index (χ0v) is 4.46. The van der Waals surface area contributed by atoms with Crippen molar-refractivity contribution in [3.05, 3.63) is 18.5 Å². The van der Waals surface area contributed by atoms with Crippen LogP contribution in [0.1, 0.15) is 0 Å². The van der Waals surface area contributed by atoms with E-state index in [2.05, 4.69) is 0 Å². The number of nitrogens with two attached hydrogens (primary N) is 3. The van der Waals surface area contributed by atoms with Crippen molar-refractivity contribution < 1.29 is 20.1 Å². The van der Waals surface area contributed by atoms with Gasteiger partial charge < -0.3 is 18.5 Å². The van der Waals surface area contributed by atoms with Gasteiger partial charge in [0.25, 0.3) is 0 Å². The van der Waals surface area contributed by atoms with E-state index in [1.54, 1.807) is 0 Å². The third-order valence-electron chi connectivity index (χ3n) is 0. The van der Waals surface area contributed by atoms with Gasteiger partial charge in [-0.15, -0.1) is 0 Å².